The number of aliphatic hydroxyl groups is 2. The van der Waals surface area contributed by atoms with E-state index in [2.05, 4.69) is 15.1 Å². The van der Waals surface area contributed by atoms with Gasteiger partial charge in [-0.15, -0.1) is 5.10 Å². The van der Waals surface area contributed by atoms with Gasteiger partial charge in [-0.05, 0) is 12.1 Å². The maximum absolute atomic E-state index is 9.32. The lowest BCUT2D eigenvalue weighted by Crippen LogP contribution is -2.14. The zero-order chi connectivity index (χ0) is 13.2. The number of fused-ring (bicyclic) bond motifs is 3. The van der Waals surface area contributed by atoms with Crippen molar-refractivity contribution in [2.75, 3.05) is 12.4 Å². The van der Waals surface area contributed by atoms with E-state index in [0.717, 1.165) is 16.6 Å². The minimum atomic E-state index is -0.758. The summed E-state index contributed by atoms with van der Waals surface area (Å²) in [6.45, 7) is -0.259. The lowest BCUT2D eigenvalue weighted by Gasteiger charge is -2.02. The Kier molecular flexibility index (Phi) is 3.33. The summed E-state index contributed by atoms with van der Waals surface area (Å²) in [6.07, 6.45) is 0.864. The smallest absolute Gasteiger partial charge is 0.209 e. The third kappa shape index (κ3) is 2.40. The SMILES string of the molecule is OCC(O)CSc1nc2c3ccccc3ncn2n1. The Labute approximate surface area is 113 Å². The van der Waals surface area contributed by atoms with Crippen molar-refractivity contribution in [3.63, 3.8) is 0 Å². The summed E-state index contributed by atoms with van der Waals surface area (Å²) in [7, 11) is 0. The average Bonchev–Trinajstić information content (AvgIpc) is 2.88. The molecule has 3 aromatic rings. The Morgan fingerprint density at radius 1 is 1.32 bits per heavy atom. The molecule has 2 N–H and O–H groups in total. The number of para-hydroxylation sites is 1. The number of aromatic nitrogens is 4. The molecule has 0 aliphatic carbocycles. The molecule has 98 valence electrons. The molecule has 1 aromatic carbocycles. The second-order valence-corrected chi connectivity index (χ2v) is 5.06. The number of thioether (sulfide) groups is 1. The molecule has 0 spiro atoms. The Morgan fingerprint density at radius 2 is 2.16 bits per heavy atom. The van der Waals surface area contributed by atoms with Crippen LogP contribution < -0.4 is 0 Å². The summed E-state index contributed by atoms with van der Waals surface area (Å²) in [4.78, 5) is 8.73. The van der Waals surface area contributed by atoms with Crippen molar-refractivity contribution in [2.24, 2.45) is 0 Å². The fourth-order valence-corrected chi connectivity index (χ4v) is 2.49. The molecule has 0 fully saturated rings. The van der Waals surface area contributed by atoms with Crippen LogP contribution in [0, 0.1) is 0 Å². The molecular weight excluding hydrogens is 264 g/mol. The molecular formula is C12H12N4O2S. The minimum absolute atomic E-state index is 0.259. The summed E-state index contributed by atoms with van der Waals surface area (Å²) >= 11 is 1.31. The van der Waals surface area contributed by atoms with Gasteiger partial charge in [-0.25, -0.2) is 14.5 Å². The number of aliphatic hydroxyl groups excluding tert-OH is 2. The van der Waals surface area contributed by atoms with Crippen molar-refractivity contribution in [1.82, 2.24) is 19.6 Å². The first-order valence-corrected chi connectivity index (χ1v) is 6.78. The first-order valence-electron chi connectivity index (χ1n) is 5.80. The van der Waals surface area contributed by atoms with Crippen molar-refractivity contribution < 1.29 is 10.2 Å². The zero-order valence-electron chi connectivity index (χ0n) is 9.97. The summed E-state index contributed by atoms with van der Waals surface area (Å²) in [5, 5.41) is 23.9. The molecule has 2 heterocycles. The van der Waals surface area contributed by atoms with Crippen LogP contribution in [-0.2, 0) is 0 Å². The zero-order valence-corrected chi connectivity index (χ0v) is 10.8. The van der Waals surface area contributed by atoms with Crippen molar-refractivity contribution in [3.8, 4) is 0 Å². The van der Waals surface area contributed by atoms with Gasteiger partial charge in [0.2, 0.25) is 5.16 Å². The van der Waals surface area contributed by atoms with Gasteiger partial charge in [0.15, 0.2) is 5.65 Å². The van der Waals surface area contributed by atoms with E-state index in [1.54, 1.807) is 10.8 Å². The van der Waals surface area contributed by atoms with Gasteiger partial charge in [0.25, 0.3) is 0 Å². The van der Waals surface area contributed by atoms with Gasteiger partial charge in [0.05, 0.1) is 18.2 Å². The molecule has 19 heavy (non-hydrogen) atoms. The third-order valence-corrected chi connectivity index (χ3v) is 3.66. The molecule has 2 aromatic heterocycles. The first kappa shape index (κ1) is 12.3. The lowest BCUT2D eigenvalue weighted by atomic mass is 10.2. The highest BCUT2D eigenvalue weighted by Crippen LogP contribution is 2.20. The maximum Gasteiger partial charge on any atom is 0.209 e. The first-order chi connectivity index (χ1) is 9.28. The number of hydrogen-bond acceptors (Lipinski definition) is 6. The molecule has 0 saturated heterocycles. The summed E-state index contributed by atoms with van der Waals surface area (Å²) < 4.78 is 1.62. The van der Waals surface area contributed by atoms with E-state index in [-0.39, 0.29) is 6.61 Å². The number of benzene rings is 1. The van der Waals surface area contributed by atoms with Gasteiger partial charge in [-0.3, -0.25) is 0 Å². The summed E-state index contributed by atoms with van der Waals surface area (Å²) in [5.74, 6) is 0.360. The van der Waals surface area contributed by atoms with Crippen molar-refractivity contribution in [1.29, 1.82) is 0 Å². The predicted molar refractivity (Wildman–Crippen MR) is 72.1 cm³/mol. The monoisotopic (exact) mass is 276 g/mol. The Morgan fingerprint density at radius 3 is 3.00 bits per heavy atom. The van der Waals surface area contributed by atoms with Gasteiger partial charge in [-0.1, -0.05) is 23.9 Å². The number of nitrogens with zero attached hydrogens (tertiary/aromatic N) is 4. The highest BCUT2D eigenvalue weighted by Gasteiger charge is 2.10. The number of hydrogen-bond donors (Lipinski definition) is 2. The Bertz CT molecular complexity index is 715. The third-order valence-electron chi connectivity index (χ3n) is 2.68. The average molecular weight is 276 g/mol. The fraction of sp³-hybridized carbons (Fsp3) is 0.250. The van der Waals surface area contributed by atoms with Gasteiger partial charge >= 0.3 is 0 Å². The molecule has 0 aliphatic heterocycles. The van der Waals surface area contributed by atoms with Crippen LogP contribution in [0.2, 0.25) is 0 Å². The van der Waals surface area contributed by atoms with Crippen LogP contribution in [0.15, 0.2) is 35.7 Å². The molecule has 1 atom stereocenters. The van der Waals surface area contributed by atoms with E-state index in [9.17, 15) is 5.11 Å². The highest BCUT2D eigenvalue weighted by molar-refractivity contribution is 7.99. The minimum Gasteiger partial charge on any atom is -0.394 e. The van der Waals surface area contributed by atoms with Crippen LogP contribution in [-0.4, -0.2) is 48.3 Å². The topological polar surface area (TPSA) is 83.5 Å². The second-order valence-electron chi connectivity index (χ2n) is 4.07. The van der Waals surface area contributed by atoms with Gasteiger partial charge < -0.3 is 10.2 Å². The molecule has 0 bridgehead atoms. The van der Waals surface area contributed by atoms with E-state index in [1.165, 1.54) is 11.8 Å². The van der Waals surface area contributed by atoms with Crippen molar-refractivity contribution >= 4 is 28.3 Å². The van der Waals surface area contributed by atoms with Crippen LogP contribution in [0.4, 0.5) is 0 Å². The molecule has 0 aliphatic rings. The van der Waals surface area contributed by atoms with E-state index in [1.807, 2.05) is 24.3 Å². The summed E-state index contributed by atoms with van der Waals surface area (Å²) in [5.41, 5.74) is 1.61. The van der Waals surface area contributed by atoms with Gasteiger partial charge in [0.1, 0.15) is 6.33 Å². The van der Waals surface area contributed by atoms with E-state index < -0.39 is 6.10 Å². The van der Waals surface area contributed by atoms with E-state index >= 15 is 0 Å². The fourth-order valence-electron chi connectivity index (χ4n) is 1.74. The second kappa shape index (κ2) is 5.12. The van der Waals surface area contributed by atoms with Crippen molar-refractivity contribution in [3.05, 3.63) is 30.6 Å². The van der Waals surface area contributed by atoms with Crippen LogP contribution in [0.3, 0.4) is 0 Å². The quantitative estimate of drug-likeness (QED) is 0.683. The molecule has 0 radical (unpaired) electrons. The number of rotatable bonds is 4. The van der Waals surface area contributed by atoms with E-state index in [4.69, 9.17) is 5.11 Å². The standard InChI is InChI=1S/C12H12N4O2S/c17-5-8(18)6-19-12-14-11-9-3-1-2-4-10(9)13-7-16(11)15-12/h1-4,7-8,17-18H,5-6H2. The van der Waals surface area contributed by atoms with Crippen LogP contribution in [0.5, 0.6) is 0 Å². The molecule has 7 heteroatoms. The Balaban J connectivity index is 1.98. The normalized spacial score (nSPS) is 13.2. The van der Waals surface area contributed by atoms with Crippen LogP contribution in [0.25, 0.3) is 16.6 Å². The molecule has 0 amide bonds. The van der Waals surface area contributed by atoms with E-state index in [0.29, 0.717) is 10.9 Å². The molecule has 0 saturated carbocycles. The lowest BCUT2D eigenvalue weighted by molar-refractivity contribution is 0.113. The Hall–Kier alpha value is -1.70. The predicted octanol–water partition coefficient (Wildman–Crippen LogP) is 0.723. The van der Waals surface area contributed by atoms with Gasteiger partial charge in [0, 0.05) is 11.1 Å². The molecule has 1 unspecified atom stereocenters. The maximum atomic E-state index is 9.32. The summed E-state index contributed by atoms with van der Waals surface area (Å²) in [6, 6.07) is 7.73. The largest absolute Gasteiger partial charge is 0.394 e. The van der Waals surface area contributed by atoms with Crippen LogP contribution in [0.1, 0.15) is 0 Å². The molecule has 6 nitrogen and oxygen atoms in total. The van der Waals surface area contributed by atoms with Gasteiger partial charge in [-0.2, -0.15) is 0 Å². The van der Waals surface area contributed by atoms with Crippen LogP contribution >= 0.6 is 11.8 Å². The highest BCUT2D eigenvalue weighted by atomic mass is 32.2. The molecule has 3 rings (SSSR count). The van der Waals surface area contributed by atoms with Crippen molar-refractivity contribution in [2.45, 2.75) is 11.3 Å².